The van der Waals surface area contributed by atoms with Crippen molar-refractivity contribution in [3.8, 4) is 0 Å². The average molecular weight is 384 g/mol. The average Bonchev–Trinajstić information content (AvgIpc) is 2.70. The van der Waals surface area contributed by atoms with E-state index in [-0.39, 0.29) is 22.8 Å². The van der Waals surface area contributed by atoms with Crippen LogP contribution in [-0.4, -0.2) is 22.3 Å². The molecular formula is C24H20N2O3. The van der Waals surface area contributed by atoms with Crippen LogP contribution in [0, 0.1) is 5.41 Å². The summed E-state index contributed by atoms with van der Waals surface area (Å²) < 4.78 is 0. The summed E-state index contributed by atoms with van der Waals surface area (Å²) in [5, 5.41) is 3.21. The third-order valence-corrected chi connectivity index (χ3v) is 5.96. The number of hydrogen-bond donors (Lipinski definition) is 1. The van der Waals surface area contributed by atoms with E-state index in [2.05, 4.69) is 10.3 Å². The van der Waals surface area contributed by atoms with Gasteiger partial charge in [-0.2, -0.15) is 0 Å². The van der Waals surface area contributed by atoms with Crippen LogP contribution in [0.2, 0.25) is 0 Å². The number of aromatic nitrogens is 1. The Bertz CT molecular complexity index is 1160. The Labute approximate surface area is 168 Å². The van der Waals surface area contributed by atoms with Crippen LogP contribution in [0.25, 0.3) is 0 Å². The molecule has 5 heteroatoms. The van der Waals surface area contributed by atoms with Crippen molar-refractivity contribution in [2.24, 2.45) is 5.41 Å². The molecule has 0 bridgehead atoms. The number of fused-ring (bicyclic) bond motifs is 1. The third kappa shape index (κ3) is 2.61. The first-order valence-corrected chi connectivity index (χ1v) is 9.73. The van der Waals surface area contributed by atoms with E-state index >= 15 is 0 Å². The lowest BCUT2D eigenvalue weighted by atomic mass is 9.66. The highest BCUT2D eigenvalue weighted by molar-refractivity contribution is 6.28. The number of hydrogen-bond acceptors (Lipinski definition) is 5. The van der Waals surface area contributed by atoms with Crippen molar-refractivity contribution in [2.45, 2.75) is 32.6 Å². The molecule has 2 aromatic rings. The zero-order chi connectivity index (χ0) is 20.3. The third-order valence-electron chi connectivity index (χ3n) is 5.96. The van der Waals surface area contributed by atoms with Gasteiger partial charge in [0.2, 0.25) is 5.78 Å². The van der Waals surface area contributed by atoms with Gasteiger partial charge in [0.15, 0.2) is 11.6 Å². The SMILES string of the molecule is CC1(C)CC(=O)C2=C(C1)NC1=C(C(=O)c3cnccc3C1=O)C2c1ccccc1. The van der Waals surface area contributed by atoms with Gasteiger partial charge in [0.05, 0.1) is 11.3 Å². The number of rotatable bonds is 1. The summed E-state index contributed by atoms with van der Waals surface area (Å²) >= 11 is 0. The molecule has 0 saturated carbocycles. The minimum atomic E-state index is -0.546. The van der Waals surface area contributed by atoms with Gasteiger partial charge in [0.1, 0.15) is 0 Å². The molecule has 3 aliphatic rings. The van der Waals surface area contributed by atoms with Crippen LogP contribution in [0.3, 0.4) is 0 Å². The molecular weight excluding hydrogens is 364 g/mol. The minimum absolute atomic E-state index is 0.0291. The number of benzene rings is 1. The Morgan fingerprint density at radius 3 is 2.45 bits per heavy atom. The summed E-state index contributed by atoms with van der Waals surface area (Å²) in [6, 6.07) is 11.1. The van der Waals surface area contributed by atoms with Crippen LogP contribution in [0.15, 0.2) is 71.3 Å². The zero-order valence-corrected chi connectivity index (χ0v) is 16.3. The van der Waals surface area contributed by atoms with Crippen LogP contribution in [-0.2, 0) is 4.79 Å². The summed E-state index contributed by atoms with van der Waals surface area (Å²) in [7, 11) is 0. The molecule has 2 aliphatic carbocycles. The van der Waals surface area contributed by atoms with Gasteiger partial charge in [-0.1, -0.05) is 44.2 Å². The summed E-state index contributed by atoms with van der Waals surface area (Å²) in [5.74, 6) is -0.981. The van der Waals surface area contributed by atoms with Gasteiger partial charge in [-0.15, -0.1) is 0 Å². The van der Waals surface area contributed by atoms with Gasteiger partial charge in [0.25, 0.3) is 0 Å². The number of carbonyl (C=O) groups is 3. The quantitative estimate of drug-likeness (QED) is 0.810. The summed E-state index contributed by atoms with van der Waals surface area (Å²) in [6.07, 6.45) is 4.03. The Balaban J connectivity index is 1.76. The number of pyridine rings is 1. The van der Waals surface area contributed by atoms with Gasteiger partial charge >= 0.3 is 0 Å². The largest absolute Gasteiger partial charge is 0.355 e. The number of ketones is 3. The fourth-order valence-corrected chi connectivity index (χ4v) is 4.74. The van der Waals surface area contributed by atoms with Crippen molar-refractivity contribution >= 4 is 17.3 Å². The van der Waals surface area contributed by atoms with Crippen molar-refractivity contribution in [1.82, 2.24) is 10.3 Å². The molecule has 0 radical (unpaired) electrons. The second kappa shape index (κ2) is 6.08. The lowest BCUT2D eigenvalue weighted by molar-refractivity contribution is -0.118. The summed E-state index contributed by atoms with van der Waals surface area (Å²) in [5.41, 5.74) is 3.32. The number of carbonyl (C=O) groups excluding carboxylic acids is 3. The molecule has 1 atom stereocenters. The Morgan fingerprint density at radius 1 is 0.931 bits per heavy atom. The second-order valence-electron chi connectivity index (χ2n) is 8.67. The van der Waals surface area contributed by atoms with E-state index < -0.39 is 5.92 Å². The molecule has 2 heterocycles. The minimum Gasteiger partial charge on any atom is -0.355 e. The number of nitrogens with one attached hydrogen (secondary N) is 1. The van der Waals surface area contributed by atoms with Crippen molar-refractivity contribution in [3.05, 3.63) is 88.0 Å². The molecule has 5 rings (SSSR count). The first-order chi connectivity index (χ1) is 13.9. The maximum Gasteiger partial charge on any atom is 0.210 e. The number of nitrogens with zero attached hydrogens (tertiary/aromatic N) is 1. The Kier molecular flexibility index (Phi) is 3.72. The van der Waals surface area contributed by atoms with Crippen LogP contribution in [0.4, 0.5) is 0 Å². The topological polar surface area (TPSA) is 76.1 Å². The molecule has 0 spiro atoms. The normalized spacial score (nSPS) is 22.7. The van der Waals surface area contributed by atoms with Crippen molar-refractivity contribution in [2.75, 3.05) is 0 Å². The molecule has 0 fully saturated rings. The fraction of sp³-hybridized carbons (Fsp3) is 0.250. The zero-order valence-electron chi connectivity index (χ0n) is 16.3. The smallest absolute Gasteiger partial charge is 0.210 e. The van der Waals surface area contributed by atoms with Crippen LogP contribution in [0.5, 0.6) is 0 Å². The number of allylic oxidation sites excluding steroid dienone is 4. The van der Waals surface area contributed by atoms with Crippen LogP contribution in [0.1, 0.15) is 58.9 Å². The van der Waals surface area contributed by atoms with Crippen LogP contribution < -0.4 is 5.32 Å². The van der Waals surface area contributed by atoms with E-state index in [9.17, 15) is 14.4 Å². The molecule has 144 valence electrons. The lowest BCUT2D eigenvalue weighted by Crippen LogP contribution is -2.42. The van der Waals surface area contributed by atoms with Crippen molar-refractivity contribution in [1.29, 1.82) is 0 Å². The fourth-order valence-electron chi connectivity index (χ4n) is 4.74. The monoisotopic (exact) mass is 384 g/mol. The van der Waals surface area contributed by atoms with Gasteiger partial charge in [-0.3, -0.25) is 19.4 Å². The predicted octanol–water partition coefficient (Wildman–Crippen LogP) is 3.74. The molecule has 0 saturated heterocycles. The molecule has 29 heavy (non-hydrogen) atoms. The first kappa shape index (κ1) is 17.7. The van der Waals surface area contributed by atoms with E-state index in [0.29, 0.717) is 40.8 Å². The first-order valence-electron chi connectivity index (χ1n) is 9.73. The molecule has 0 amide bonds. The second-order valence-corrected chi connectivity index (χ2v) is 8.67. The molecule has 1 N–H and O–H groups in total. The van der Waals surface area contributed by atoms with E-state index in [1.807, 2.05) is 44.2 Å². The maximum atomic E-state index is 13.5. The molecule has 1 aromatic heterocycles. The van der Waals surface area contributed by atoms with Crippen molar-refractivity contribution < 1.29 is 14.4 Å². The summed E-state index contributed by atoms with van der Waals surface area (Å²) in [4.78, 5) is 44.0. The molecule has 1 unspecified atom stereocenters. The predicted molar refractivity (Wildman–Crippen MR) is 107 cm³/mol. The number of Topliss-reactive ketones (excluding diaryl/α,β-unsaturated/α-hetero) is 3. The Hall–Kier alpha value is -3.34. The van der Waals surface area contributed by atoms with E-state index in [1.54, 1.807) is 6.07 Å². The van der Waals surface area contributed by atoms with E-state index in [0.717, 1.165) is 11.3 Å². The highest BCUT2D eigenvalue weighted by atomic mass is 16.1. The van der Waals surface area contributed by atoms with Crippen molar-refractivity contribution in [3.63, 3.8) is 0 Å². The van der Waals surface area contributed by atoms with E-state index in [4.69, 9.17) is 0 Å². The van der Waals surface area contributed by atoms with Crippen LogP contribution >= 0.6 is 0 Å². The standard InChI is InChI=1S/C24H20N2O3/c1-24(2)10-16-19(17(27)11-24)18(13-6-4-3-5-7-13)20-21(26-16)23(29)14-8-9-25-12-15(14)22(20)28/h3-9,12,18,26H,10-11H2,1-2H3. The molecule has 5 nitrogen and oxygen atoms in total. The van der Waals surface area contributed by atoms with E-state index in [1.165, 1.54) is 12.4 Å². The highest BCUT2D eigenvalue weighted by Crippen LogP contribution is 2.48. The number of dihydropyridines is 1. The Morgan fingerprint density at radius 2 is 1.69 bits per heavy atom. The van der Waals surface area contributed by atoms with Gasteiger partial charge in [0, 0.05) is 47.1 Å². The molecule has 1 aliphatic heterocycles. The highest BCUT2D eigenvalue weighted by Gasteiger charge is 2.46. The maximum absolute atomic E-state index is 13.5. The lowest BCUT2D eigenvalue weighted by Gasteiger charge is -2.41. The van der Waals surface area contributed by atoms with Gasteiger partial charge in [-0.25, -0.2) is 0 Å². The molecule has 1 aromatic carbocycles. The summed E-state index contributed by atoms with van der Waals surface area (Å²) in [6.45, 7) is 4.10. The van der Waals surface area contributed by atoms with Gasteiger partial charge in [-0.05, 0) is 23.5 Å². The van der Waals surface area contributed by atoms with Gasteiger partial charge < -0.3 is 5.32 Å².